The van der Waals surface area contributed by atoms with Crippen molar-refractivity contribution in [1.82, 2.24) is 10.2 Å². The number of carbonyl (C=O) groups is 2. The van der Waals surface area contributed by atoms with E-state index in [-0.39, 0.29) is 11.1 Å². The van der Waals surface area contributed by atoms with Crippen molar-refractivity contribution in [2.45, 2.75) is 6.92 Å². The van der Waals surface area contributed by atoms with Crippen LogP contribution in [0.1, 0.15) is 25.7 Å². The van der Waals surface area contributed by atoms with Crippen LogP contribution in [0.25, 0.3) is 11.1 Å². The molecule has 7 heteroatoms. The highest BCUT2D eigenvalue weighted by Crippen LogP contribution is 2.29. The molecule has 3 rings (SSSR count). The van der Waals surface area contributed by atoms with Crippen molar-refractivity contribution >= 4 is 28.3 Å². The van der Waals surface area contributed by atoms with Gasteiger partial charge in [0.25, 0.3) is 5.91 Å². The van der Waals surface area contributed by atoms with Crippen molar-refractivity contribution in [1.29, 1.82) is 0 Å². The number of hydrogen-bond donors (Lipinski definition) is 2. The van der Waals surface area contributed by atoms with Crippen LogP contribution in [0.3, 0.4) is 0 Å². The Bertz CT molecular complexity index is 906. The van der Waals surface area contributed by atoms with E-state index in [1.165, 1.54) is 17.4 Å². The minimum atomic E-state index is -1.09. The van der Waals surface area contributed by atoms with Gasteiger partial charge in [0, 0.05) is 11.1 Å². The van der Waals surface area contributed by atoms with E-state index in [0.29, 0.717) is 16.3 Å². The minimum absolute atomic E-state index is 0.0716. The van der Waals surface area contributed by atoms with E-state index in [1.807, 2.05) is 6.07 Å². The SMILES string of the molecule is Cc1nnc(NC(=O)c2cccc(C(=O)O)c2-c2ccccc2)s1. The molecule has 0 unspecified atom stereocenters. The number of amides is 1. The first-order valence-electron chi connectivity index (χ1n) is 7.09. The number of carbonyl (C=O) groups excluding carboxylic acids is 1. The minimum Gasteiger partial charge on any atom is -0.478 e. The van der Waals surface area contributed by atoms with Crippen LogP contribution in [0, 0.1) is 6.92 Å². The maximum absolute atomic E-state index is 12.6. The van der Waals surface area contributed by atoms with Gasteiger partial charge in [-0.05, 0) is 24.6 Å². The molecule has 0 aliphatic carbocycles. The van der Waals surface area contributed by atoms with Gasteiger partial charge in [-0.25, -0.2) is 4.79 Å². The molecule has 2 aromatic carbocycles. The second-order valence-corrected chi connectivity index (χ2v) is 6.16. The van der Waals surface area contributed by atoms with Crippen molar-refractivity contribution in [3.05, 3.63) is 64.7 Å². The molecule has 6 nitrogen and oxygen atoms in total. The van der Waals surface area contributed by atoms with Crippen LogP contribution < -0.4 is 5.32 Å². The fraction of sp³-hybridized carbons (Fsp3) is 0.0588. The maximum Gasteiger partial charge on any atom is 0.336 e. The van der Waals surface area contributed by atoms with Crippen LogP contribution in [-0.4, -0.2) is 27.2 Å². The first kappa shape index (κ1) is 15.8. The third-order valence-corrected chi connectivity index (χ3v) is 4.10. The number of nitrogens with zero attached hydrogens (tertiary/aromatic N) is 2. The fourth-order valence-corrected chi connectivity index (χ4v) is 2.93. The van der Waals surface area contributed by atoms with Gasteiger partial charge >= 0.3 is 5.97 Å². The standard InChI is InChI=1S/C17H13N3O3S/c1-10-19-20-17(24-10)18-15(21)12-8-5-9-13(16(22)23)14(12)11-6-3-2-4-7-11/h2-9H,1H3,(H,22,23)(H,18,20,21). The van der Waals surface area contributed by atoms with Gasteiger partial charge in [-0.1, -0.05) is 47.7 Å². The summed E-state index contributed by atoms with van der Waals surface area (Å²) >= 11 is 1.25. The molecule has 0 spiro atoms. The Morgan fingerprint density at radius 2 is 1.71 bits per heavy atom. The summed E-state index contributed by atoms with van der Waals surface area (Å²) in [4.78, 5) is 24.2. The topological polar surface area (TPSA) is 92.2 Å². The predicted molar refractivity (Wildman–Crippen MR) is 91.4 cm³/mol. The van der Waals surface area contributed by atoms with Crippen LogP contribution in [0.15, 0.2) is 48.5 Å². The lowest BCUT2D eigenvalue weighted by atomic mass is 9.94. The molecule has 24 heavy (non-hydrogen) atoms. The summed E-state index contributed by atoms with van der Waals surface area (Å²) in [5.41, 5.74) is 1.38. The first-order valence-corrected chi connectivity index (χ1v) is 7.91. The normalized spacial score (nSPS) is 10.4. The van der Waals surface area contributed by atoms with Crippen LogP contribution in [0.5, 0.6) is 0 Å². The summed E-state index contributed by atoms with van der Waals surface area (Å²) in [6, 6.07) is 13.6. The van der Waals surface area contributed by atoms with Gasteiger partial charge in [-0.2, -0.15) is 0 Å². The molecule has 0 radical (unpaired) electrons. The number of aromatic carboxylic acids is 1. The highest BCUT2D eigenvalue weighted by molar-refractivity contribution is 7.15. The fourth-order valence-electron chi connectivity index (χ4n) is 2.35. The number of nitrogens with one attached hydrogen (secondary N) is 1. The maximum atomic E-state index is 12.6. The summed E-state index contributed by atoms with van der Waals surface area (Å²) < 4.78 is 0. The summed E-state index contributed by atoms with van der Waals surface area (Å²) in [6.07, 6.45) is 0. The van der Waals surface area contributed by atoms with Crippen molar-refractivity contribution in [2.75, 3.05) is 5.32 Å². The van der Waals surface area contributed by atoms with Crippen LogP contribution in [-0.2, 0) is 0 Å². The highest BCUT2D eigenvalue weighted by Gasteiger charge is 2.20. The number of aryl methyl sites for hydroxylation is 1. The molecule has 1 aromatic heterocycles. The molecule has 2 N–H and O–H groups in total. The molecule has 0 aliphatic heterocycles. The average Bonchev–Trinajstić information content (AvgIpc) is 2.99. The zero-order chi connectivity index (χ0) is 17.1. The van der Waals surface area contributed by atoms with Crippen LogP contribution in [0.4, 0.5) is 5.13 Å². The van der Waals surface area contributed by atoms with Crippen LogP contribution in [0.2, 0.25) is 0 Å². The molecule has 3 aromatic rings. The number of benzene rings is 2. The second kappa shape index (κ2) is 6.59. The van der Waals surface area contributed by atoms with E-state index in [4.69, 9.17) is 0 Å². The average molecular weight is 339 g/mol. The lowest BCUT2D eigenvalue weighted by molar-refractivity contribution is 0.0697. The summed E-state index contributed by atoms with van der Waals surface area (Å²) in [5.74, 6) is -1.51. The predicted octanol–water partition coefficient (Wildman–Crippen LogP) is 3.46. The summed E-state index contributed by atoms with van der Waals surface area (Å²) in [7, 11) is 0. The van der Waals surface area contributed by atoms with Crippen molar-refractivity contribution in [2.24, 2.45) is 0 Å². The van der Waals surface area contributed by atoms with E-state index in [2.05, 4.69) is 15.5 Å². The van der Waals surface area contributed by atoms with Gasteiger partial charge in [0.15, 0.2) is 0 Å². The molecular formula is C17H13N3O3S. The van der Waals surface area contributed by atoms with Crippen molar-refractivity contribution in [3.63, 3.8) is 0 Å². The molecule has 0 atom stereocenters. The molecule has 0 aliphatic rings. The zero-order valence-electron chi connectivity index (χ0n) is 12.7. The number of carboxylic acid groups (broad SMARTS) is 1. The third kappa shape index (κ3) is 3.16. The number of aromatic nitrogens is 2. The Morgan fingerprint density at radius 1 is 1.00 bits per heavy atom. The molecule has 120 valence electrons. The van der Waals surface area contributed by atoms with E-state index in [0.717, 1.165) is 5.01 Å². The smallest absolute Gasteiger partial charge is 0.336 e. The Kier molecular flexibility index (Phi) is 4.35. The number of anilines is 1. The van der Waals surface area contributed by atoms with Gasteiger partial charge in [-0.15, -0.1) is 10.2 Å². The molecule has 0 saturated carbocycles. The molecule has 0 saturated heterocycles. The number of hydrogen-bond acceptors (Lipinski definition) is 5. The first-order chi connectivity index (χ1) is 11.6. The van der Waals surface area contributed by atoms with E-state index in [1.54, 1.807) is 43.3 Å². The Labute approximate surface area is 141 Å². The zero-order valence-corrected chi connectivity index (χ0v) is 13.5. The largest absolute Gasteiger partial charge is 0.478 e. The molecular weight excluding hydrogens is 326 g/mol. The number of carboxylic acids is 1. The summed E-state index contributed by atoms with van der Waals surface area (Å²) in [6.45, 7) is 1.79. The monoisotopic (exact) mass is 339 g/mol. The molecule has 0 bridgehead atoms. The van der Waals surface area contributed by atoms with E-state index >= 15 is 0 Å². The Balaban J connectivity index is 2.08. The molecule has 1 heterocycles. The second-order valence-electron chi connectivity index (χ2n) is 4.98. The van der Waals surface area contributed by atoms with E-state index < -0.39 is 11.9 Å². The lowest BCUT2D eigenvalue weighted by Crippen LogP contribution is -2.15. The van der Waals surface area contributed by atoms with Gasteiger partial charge in [-0.3, -0.25) is 10.1 Å². The molecule has 0 fully saturated rings. The van der Waals surface area contributed by atoms with Gasteiger partial charge < -0.3 is 5.11 Å². The van der Waals surface area contributed by atoms with Crippen LogP contribution >= 0.6 is 11.3 Å². The van der Waals surface area contributed by atoms with Crippen molar-refractivity contribution in [3.8, 4) is 11.1 Å². The Hall–Kier alpha value is -3.06. The third-order valence-electron chi connectivity index (χ3n) is 3.35. The van der Waals surface area contributed by atoms with Gasteiger partial charge in [0.2, 0.25) is 5.13 Å². The highest BCUT2D eigenvalue weighted by atomic mass is 32.1. The molecule has 1 amide bonds. The van der Waals surface area contributed by atoms with Gasteiger partial charge in [0.1, 0.15) is 5.01 Å². The quantitative estimate of drug-likeness (QED) is 0.759. The Morgan fingerprint density at radius 3 is 2.33 bits per heavy atom. The summed E-state index contributed by atoms with van der Waals surface area (Å²) in [5, 5.41) is 21.0. The number of rotatable bonds is 4. The van der Waals surface area contributed by atoms with Gasteiger partial charge in [0.05, 0.1) is 5.56 Å². The lowest BCUT2D eigenvalue weighted by Gasteiger charge is -2.12. The van der Waals surface area contributed by atoms with E-state index in [9.17, 15) is 14.7 Å². The van der Waals surface area contributed by atoms with Crippen molar-refractivity contribution < 1.29 is 14.7 Å².